The second kappa shape index (κ2) is 15.3. The van der Waals surface area contributed by atoms with Crippen molar-refractivity contribution in [3.05, 3.63) is 71.3 Å². The number of epoxide rings is 1. The Labute approximate surface area is 223 Å². The first kappa shape index (κ1) is 28.5. The Bertz CT molecular complexity index is 1060. The molecule has 1 fully saturated rings. The first-order valence-corrected chi connectivity index (χ1v) is 13.8. The van der Waals surface area contributed by atoms with Crippen molar-refractivity contribution in [2.45, 2.75) is 78.4 Å². The zero-order valence-electron chi connectivity index (χ0n) is 22.9. The zero-order valence-corrected chi connectivity index (χ0v) is 22.9. The number of carbonyl (C=O) groups is 1. The van der Waals surface area contributed by atoms with E-state index in [1.54, 1.807) is 6.08 Å². The number of hydrogen-bond acceptors (Lipinski definition) is 4. The maximum Gasteiger partial charge on any atom is 0.330 e. The van der Waals surface area contributed by atoms with Crippen molar-refractivity contribution in [2.24, 2.45) is 11.8 Å². The van der Waals surface area contributed by atoms with Crippen molar-refractivity contribution >= 4 is 12.0 Å². The number of esters is 1. The quantitative estimate of drug-likeness (QED) is 0.117. The fraction of sp³-hybridized carbons (Fsp3) is 0.485. The van der Waals surface area contributed by atoms with Crippen molar-refractivity contribution in [1.82, 2.24) is 0 Å². The lowest BCUT2D eigenvalue weighted by atomic mass is 9.98. The maximum absolute atomic E-state index is 12.0. The molecule has 4 nitrogen and oxygen atoms in total. The van der Waals surface area contributed by atoms with E-state index < -0.39 is 0 Å². The molecule has 2 aromatic carbocycles. The molecule has 1 aliphatic heterocycles. The van der Waals surface area contributed by atoms with Crippen LogP contribution >= 0.6 is 0 Å². The minimum atomic E-state index is -0.351. The van der Waals surface area contributed by atoms with Crippen LogP contribution in [0.15, 0.2) is 54.6 Å². The summed E-state index contributed by atoms with van der Waals surface area (Å²) in [4.78, 5) is 12.0. The van der Waals surface area contributed by atoms with Crippen molar-refractivity contribution in [1.29, 1.82) is 0 Å². The molecule has 0 amide bonds. The van der Waals surface area contributed by atoms with Crippen molar-refractivity contribution in [2.75, 3.05) is 13.2 Å². The summed E-state index contributed by atoms with van der Waals surface area (Å²) in [6, 6.07) is 15.7. The lowest BCUT2D eigenvalue weighted by Gasteiger charge is -2.13. The Morgan fingerprint density at radius 3 is 2.54 bits per heavy atom. The third kappa shape index (κ3) is 10.9. The van der Waals surface area contributed by atoms with Crippen LogP contribution in [0.4, 0.5) is 0 Å². The molecule has 4 heteroatoms. The molecule has 0 aromatic heterocycles. The molecule has 0 aliphatic carbocycles. The summed E-state index contributed by atoms with van der Waals surface area (Å²) < 4.78 is 16.8. The number of para-hydroxylation sites is 1. The Kier molecular flexibility index (Phi) is 11.8. The average molecular weight is 503 g/mol. The Balaban J connectivity index is 1.45. The van der Waals surface area contributed by atoms with Gasteiger partial charge in [0.05, 0.1) is 18.3 Å². The fourth-order valence-electron chi connectivity index (χ4n) is 4.14. The molecular weight excluding hydrogens is 460 g/mol. The molecule has 3 rings (SSSR count). The van der Waals surface area contributed by atoms with Gasteiger partial charge in [0.2, 0.25) is 0 Å². The van der Waals surface area contributed by atoms with E-state index in [1.807, 2.05) is 48.5 Å². The molecule has 37 heavy (non-hydrogen) atoms. The lowest BCUT2D eigenvalue weighted by molar-refractivity contribution is -0.138. The topological polar surface area (TPSA) is 48.1 Å². The smallest absolute Gasteiger partial charge is 0.330 e. The van der Waals surface area contributed by atoms with E-state index in [0.29, 0.717) is 19.1 Å². The predicted octanol–water partition coefficient (Wildman–Crippen LogP) is 7.44. The molecule has 1 heterocycles. The molecule has 198 valence electrons. The van der Waals surface area contributed by atoms with E-state index in [0.717, 1.165) is 47.6 Å². The van der Waals surface area contributed by atoms with Gasteiger partial charge >= 0.3 is 5.97 Å². The van der Waals surface area contributed by atoms with Crippen LogP contribution in [0.5, 0.6) is 5.75 Å². The minimum absolute atomic E-state index is 0.0637. The van der Waals surface area contributed by atoms with E-state index in [9.17, 15) is 4.79 Å². The van der Waals surface area contributed by atoms with E-state index in [4.69, 9.17) is 14.2 Å². The summed E-state index contributed by atoms with van der Waals surface area (Å²) in [6.07, 6.45) is 10.5. The van der Waals surface area contributed by atoms with E-state index in [2.05, 4.69) is 39.5 Å². The highest BCUT2D eigenvalue weighted by Crippen LogP contribution is 2.26. The van der Waals surface area contributed by atoms with Gasteiger partial charge in [0.15, 0.2) is 0 Å². The number of carbonyl (C=O) groups excluding carboxylic acids is 1. The third-order valence-electron chi connectivity index (χ3n) is 6.55. The van der Waals surface area contributed by atoms with Gasteiger partial charge in [-0.2, -0.15) is 0 Å². The standard InChI is InChI=1S/C33H42O4/c1-5-9-31-32(37-31)24-36-33(34)21-19-28-16-14-27(15-17-28)18-20-29-12-6-7-13-30(29)35-23-22-26(4)11-8-10-25(2)3/h6-7,12-17,19,21,25-26,31-32H,5,8-11,22-24H2,1-4H3/t26?,31-,32-/m0/s1. The van der Waals surface area contributed by atoms with Crippen LogP contribution < -0.4 is 4.74 Å². The van der Waals surface area contributed by atoms with Crippen LogP contribution in [0.25, 0.3) is 6.08 Å². The molecular formula is C33H42O4. The van der Waals surface area contributed by atoms with Gasteiger partial charge in [-0.15, -0.1) is 0 Å². The highest BCUT2D eigenvalue weighted by molar-refractivity contribution is 5.87. The molecule has 1 unspecified atom stereocenters. The van der Waals surface area contributed by atoms with Gasteiger partial charge in [-0.25, -0.2) is 4.79 Å². The number of hydrogen-bond donors (Lipinski definition) is 0. The van der Waals surface area contributed by atoms with Gasteiger partial charge in [0, 0.05) is 11.6 Å². The molecule has 0 radical (unpaired) electrons. The van der Waals surface area contributed by atoms with Crippen LogP contribution in [0.3, 0.4) is 0 Å². The second-order valence-corrected chi connectivity index (χ2v) is 10.4. The normalized spacial score (nSPS) is 17.3. The maximum atomic E-state index is 12.0. The van der Waals surface area contributed by atoms with Gasteiger partial charge in [-0.3, -0.25) is 0 Å². The summed E-state index contributed by atoms with van der Waals surface area (Å²) in [5, 5.41) is 0. The van der Waals surface area contributed by atoms with E-state index in [1.165, 1.54) is 25.3 Å². The summed E-state index contributed by atoms with van der Waals surface area (Å²) in [5.41, 5.74) is 2.71. The average Bonchev–Trinajstić information content (AvgIpc) is 3.64. The molecule has 2 aromatic rings. The van der Waals surface area contributed by atoms with Crippen LogP contribution in [0.2, 0.25) is 0 Å². The van der Waals surface area contributed by atoms with Gasteiger partial charge in [-0.1, -0.05) is 89.5 Å². The predicted molar refractivity (Wildman–Crippen MR) is 150 cm³/mol. The van der Waals surface area contributed by atoms with Crippen LogP contribution in [-0.4, -0.2) is 31.4 Å². The van der Waals surface area contributed by atoms with Crippen molar-refractivity contribution < 1.29 is 19.0 Å². The molecule has 1 saturated heterocycles. The summed E-state index contributed by atoms with van der Waals surface area (Å²) in [5.74, 6) is 8.40. The molecule has 0 N–H and O–H groups in total. The molecule has 0 saturated carbocycles. The summed E-state index contributed by atoms with van der Waals surface area (Å²) in [6.45, 7) is 10.0. The number of rotatable bonds is 14. The Morgan fingerprint density at radius 1 is 1.00 bits per heavy atom. The first-order valence-electron chi connectivity index (χ1n) is 13.8. The second-order valence-electron chi connectivity index (χ2n) is 10.4. The van der Waals surface area contributed by atoms with Crippen molar-refractivity contribution in [3.63, 3.8) is 0 Å². The highest BCUT2D eigenvalue weighted by atomic mass is 16.6. The fourth-order valence-corrected chi connectivity index (χ4v) is 4.14. The van der Waals surface area contributed by atoms with E-state index in [-0.39, 0.29) is 18.2 Å². The first-order chi connectivity index (χ1) is 17.9. The minimum Gasteiger partial charge on any atom is -0.492 e. The number of ether oxygens (including phenoxy) is 3. The zero-order chi connectivity index (χ0) is 26.5. The van der Waals surface area contributed by atoms with Gasteiger partial charge in [0.25, 0.3) is 0 Å². The van der Waals surface area contributed by atoms with E-state index >= 15 is 0 Å². The summed E-state index contributed by atoms with van der Waals surface area (Å²) >= 11 is 0. The van der Waals surface area contributed by atoms with Gasteiger partial charge < -0.3 is 14.2 Å². The molecule has 3 atom stereocenters. The van der Waals surface area contributed by atoms with Crippen LogP contribution in [0.1, 0.15) is 82.9 Å². The van der Waals surface area contributed by atoms with Gasteiger partial charge in [-0.05, 0) is 60.6 Å². The molecule has 0 spiro atoms. The third-order valence-corrected chi connectivity index (χ3v) is 6.55. The molecule has 0 bridgehead atoms. The summed E-state index contributed by atoms with van der Waals surface area (Å²) in [7, 11) is 0. The Hall–Kier alpha value is -3.03. The SMILES string of the molecule is CCC[C@@H]1O[C@H]1COC(=O)C=Cc1ccc(C#Cc2ccccc2OCCC(C)CCCC(C)C)cc1. The highest BCUT2D eigenvalue weighted by Gasteiger charge is 2.38. The largest absolute Gasteiger partial charge is 0.492 e. The monoisotopic (exact) mass is 502 g/mol. The van der Waals surface area contributed by atoms with Gasteiger partial charge in [0.1, 0.15) is 18.5 Å². The molecule has 1 aliphatic rings. The van der Waals surface area contributed by atoms with Crippen molar-refractivity contribution in [3.8, 4) is 17.6 Å². The van der Waals surface area contributed by atoms with Crippen LogP contribution in [-0.2, 0) is 14.3 Å². The lowest BCUT2D eigenvalue weighted by Crippen LogP contribution is -2.09. The number of benzene rings is 2. The Morgan fingerprint density at radius 2 is 1.78 bits per heavy atom. The van der Waals surface area contributed by atoms with Crippen LogP contribution in [0, 0.1) is 23.7 Å².